The molecular formula is C18H20N2O2. The maximum absolute atomic E-state index is 12.2. The average molecular weight is 296 g/mol. The fourth-order valence-electron chi connectivity index (χ4n) is 2.65. The normalized spacial score (nSPS) is 15.2. The molecule has 0 radical (unpaired) electrons. The van der Waals surface area contributed by atoms with E-state index in [1.807, 2.05) is 30.3 Å². The second kappa shape index (κ2) is 5.81. The standard InChI is InChI=1S/C18H20N2O2/c1-12-7-8-14(9-13(12)2)15(19)10-20-16-5-3-4-6-17(16)22-11-18(20)21/h3-9,15H,10-11,19H2,1-2H3. The number of anilines is 1. The molecule has 1 heterocycles. The number of aryl methyl sites for hydroxylation is 2. The van der Waals surface area contributed by atoms with Gasteiger partial charge in [-0.3, -0.25) is 4.79 Å². The zero-order chi connectivity index (χ0) is 15.7. The molecule has 1 aliphatic rings. The summed E-state index contributed by atoms with van der Waals surface area (Å²) in [5.41, 5.74) is 10.6. The van der Waals surface area contributed by atoms with Crippen LogP contribution in [0.25, 0.3) is 0 Å². The molecule has 22 heavy (non-hydrogen) atoms. The molecule has 0 aromatic heterocycles. The molecule has 1 aliphatic heterocycles. The summed E-state index contributed by atoms with van der Waals surface area (Å²) in [7, 11) is 0. The van der Waals surface area contributed by atoms with Gasteiger partial charge in [0.25, 0.3) is 5.91 Å². The van der Waals surface area contributed by atoms with Crippen molar-refractivity contribution in [3.05, 3.63) is 59.2 Å². The molecular weight excluding hydrogens is 276 g/mol. The highest BCUT2D eigenvalue weighted by Gasteiger charge is 2.26. The molecule has 3 rings (SSSR count). The van der Waals surface area contributed by atoms with Crippen LogP contribution >= 0.6 is 0 Å². The van der Waals surface area contributed by atoms with Crippen molar-refractivity contribution in [2.45, 2.75) is 19.9 Å². The van der Waals surface area contributed by atoms with Gasteiger partial charge in [0.05, 0.1) is 5.69 Å². The first kappa shape index (κ1) is 14.6. The molecule has 1 atom stereocenters. The minimum absolute atomic E-state index is 0.0574. The van der Waals surface area contributed by atoms with Gasteiger partial charge in [-0.15, -0.1) is 0 Å². The Labute approximate surface area is 130 Å². The number of rotatable bonds is 3. The third kappa shape index (κ3) is 2.70. The van der Waals surface area contributed by atoms with E-state index in [2.05, 4.69) is 26.0 Å². The van der Waals surface area contributed by atoms with Gasteiger partial charge in [0, 0.05) is 12.6 Å². The summed E-state index contributed by atoms with van der Waals surface area (Å²) in [6, 6.07) is 13.5. The zero-order valence-electron chi connectivity index (χ0n) is 12.9. The van der Waals surface area contributed by atoms with Crippen molar-refractivity contribution in [3.63, 3.8) is 0 Å². The summed E-state index contributed by atoms with van der Waals surface area (Å²) in [6.45, 7) is 4.66. The summed E-state index contributed by atoms with van der Waals surface area (Å²) in [5, 5.41) is 0. The number of carbonyl (C=O) groups is 1. The molecule has 0 fully saturated rings. The topological polar surface area (TPSA) is 55.6 Å². The highest BCUT2D eigenvalue weighted by molar-refractivity contribution is 5.97. The third-order valence-electron chi connectivity index (χ3n) is 4.15. The van der Waals surface area contributed by atoms with Gasteiger partial charge in [0.1, 0.15) is 5.75 Å². The number of hydrogen-bond donors (Lipinski definition) is 1. The fraction of sp³-hybridized carbons (Fsp3) is 0.278. The maximum Gasteiger partial charge on any atom is 0.265 e. The lowest BCUT2D eigenvalue weighted by molar-refractivity contribution is -0.121. The Hall–Kier alpha value is -2.33. The number of hydrogen-bond acceptors (Lipinski definition) is 3. The van der Waals surface area contributed by atoms with E-state index >= 15 is 0 Å². The number of nitrogens with zero attached hydrogens (tertiary/aromatic N) is 1. The molecule has 1 amide bonds. The van der Waals surface area contributed by atoms with E-state index in [0.29, 0.717) is 6.54 Å². The van der Waals surface area contributed by atoms with E-state index in [1.165, 1.54) is 11.1 Å². The molecule has 2 N–H and O–H groups in total. The van der Waals surface area contributed by atoms with Crippen molar-refractivity contribution in [2.75, 3.05) is 18.1 Å². The molecule has 1 unspecified atom stereocenters. The minimum atomic E-state index is -0.227. The van der Waals surface area contributed by atoms with E-state index in [4.69, 9.17) is 10.5 Å². The van der Waals surface area contributed by atoms with Gasteiger partial charge >= 0.3 is 0 Å². The Bertz CT molecular complexity index is 712. The van der Waals surface area contributed by atoms with E-state index in [9.17, 15) is 4.79 Å². The molecule has 0 spiro atoms. The van der Waals surface area contributed by atoms with Crippen molar-refractivity contribution in [2.24, 2.45) is 5.73 Å². The number of ether oxygens (including phenoxy) is 1. The quantitative estimate of drug-likeness (QED) is 0.947. The van der Waals surface area contributed by atoms with Crippen molar-refractivity contribution in [1.29, 1.82) is 0 Å². The first-order valence-electron chi connectivity index (χ1n) is 7.41. The predicted octanol–water partition coefficient (Wildman–Crippen LogP) is 2.73. The van der Waals surface area contributed by atoms with Crippen LogP contribution in [0.2, 0.25) is 0 Å². The lowest BCUT2D eigenvalue weighted by atomic mass is 10.0. The Balaban J connectivity index is 1.85. The SMILES string of the molecule is Cc1ccc(C(N)CN2C(=O)COc3ccccc32)cc1C. The fourth-order valence-corrected chi connectivity index (χ4v) is 2.65. The lowest BCUT2D eigenvalue weighted by Crippen LogP contribution is -2.42. The predicted molar refractivity (Wildman–Crippen MR) is 87.1 cm³/mol. The number of nitrogens with two attached hydrogens (primary N) is 1. The lowest BCUT2D eigenvalue weighted by Gasteiger charge is -2.31. The monoisotopic (exact) mass is 296 g/mol. The van der Waals surface area contributed by atoms with Crippen molar-refractivity contribution in [3.8, 4) is 5.75 Å². The van der Waals surface area contributed by atoms with Gasteiger partial charge in [-0.25, -0.2) is 0 Å². The van der Waals surface area contributed by atoms with Crippen LogP contribution in [0, 0.1) is 13.8 Å². The maximum atomic E-state index is 12.2. The first-order chi connectivity index (χ1) is 10.6. The molecule has 2 aromatic rings. The van der Waals surface area contributed by atoms with Crippen LogP contribution in [0.3, 0.4) is 0 Å². The molecule has 0 aliphatic carbocycles. The van der Waals surface area contributed by atoms with E-state index in [0.717, 1.165) is 17.0 Å². The Morgan fingerprint density at radius 2 is 1.95 bits per heavy atom. The number of para-hydroxylation sites is 2. The number of amides is 1. The van der Waals surface area contributed by atoms with Crippen LogP contribution in [0.15, 0.2) is 42.5 Å². The van der Waals surface area contributed by atoms with Gasteiger partial charge in [0.15, 0.2) is 6.61 Å². The minimum Gasteiger partial charge on any atom is -0.482 e. The van der Waals surface area contributed by atoms with Gasteiger partial charge < -0.3 is 15.4 Å². The zero-order valence-corrected chi connectivity index (χ0v) is 12.9. The number of fused-ring (bicyclic) bond motifs is 1. The van der Waals surface area contributed by atoms with Crippen LogP contribution < -0.4 is 15.4 Å². The molecule has 0 bridgehead atoms. The summed E-state index contributed by atoms with van der Waals surface area (Å²) >= 11 is 0. The molecule has 4 heteroatoms. The molecule has 0 saturated carbocycles. The van der Waals surface area contributed by atoms with Crippen LogP contribution in [-0.4, -0.2) is 19.1 Å². The summed E-state index contributed by atoms with van der Waals surface area (Å²) in [4.78, 5) is 13.9. The highest BCUT2D eigenvalue weighted by Crippen LogP contribution is 2.32. The average Bonchev–Trinajstić information content (AvgIpc) is 2.52. The van der Waals surface area contributed by atoms with E-state index in [-0.39, 0.29) is 18.6 Å². The van der Waals surface area contributed by atoms with Crippen LogP contribution in [-0.2, 0) is 4.79 Å². The van der Waals surface area contributed by atoms with Gasteiger partial charge in [-0.2, -0.15) is 0 Å². The molecule has 2 aromatic carbocycles. The summed E-state index contributed by atoms with van der Waals surface area (Å²) in [5.74, 6) is 0.673. The van der Waals surface area contributed by atoms with Crippen LogP contribution in [0.4, 0.5) is 5.69 Å². The van der Waals surface area contributed by atoms with Gasteiger partial charge in [-0.1, -0.05) is 30.3 Å². The number of benzene rings is 2. The van der Waals surface area contributed by atoms with Crippen molar-refractivity contribution < 1.29 is 9.53 Å². The van der Waals surface area contributed by atoms with Crippen LogP contribution in [0.1, 0.15) is 22.7 Å². The number of carbonyl (C=O) groups excluding carboxylic acids is 1. The second-order valence-electron chi connectivity index (χ2n) is 5.71. The Kier molecular flexibility index (Phi) is 3.86. The summed E-state index contributed by atoms with van der Waals surface area (Å²) < 4.78 is 5.46. The van der Waals surface area contributed by atoms with Gasteiger partial charge in [-0.05, 0) is 42.7 Å². The van der Waals surface area contributed by atoms with Crippen molar-refractivity contribution >= 4 is 11.6 Å². The third-order valence-corrected chi connectivity index (χ3v) is 4.15. The first-order valence-corrected chi connectivity index (χ1v) is 7.41. The molecule has 114 valence electrons. The van der Waals surface area contributed by atoms with Gasteiger partial charge in [0.2, 0.25) is 0 Å². The van der Waals surface area contributed by atoms with Crippen LogP contribution in [0.5, 0.6) is 5.75 Å². The Morgan fingerprint density at radius 1 is 1.18 bits per heavy atom. The largest absolute Gasteiger partial charge is 0.482 e. The van der Waals surface area contributed by atoms with E-state index in [1.54, 1.807) is 4.90 Å². The summed E-state index contributed by atoms with van der Waals surface area (Å²) in [6.07, 6.45) is 0. The van der Waals surface area contributed by atoms with E-state index < -0.39 is 0 Å². The molecule has 0 saturated heterocycles. The highest BCUT2D eigenvalue weighted by atomic mass is 16.5. The Morgan fingerprint density at radius 3 is 2.73 bits per heavy atom. The van der Waals surface area contributed by atoms with Crippen molar-refractivity contribution in [1.82, 2.24) is 0 Å². The smallest absolute Gasteiger partial charge is 0.265 e. The molecule has 4 nitrogen and oxygen atoms in total. The second-order valence-corrected chi connectivity index (χ2v) is 5.71.